The van der Waals surface area contributed by atoms with Crippen LogP contribution in [0.15, 0.2) is 0 Å². The van der Waals surface area contributed by atoms with Crippen molar-refractivity contribution in [2.24, 2.45) is 0 Å². The topological polar surface area (TPSA) is 63.6 Å². The molecule has 0 aromatic heterocycles. The van der Waals surface area contributed by atoms with Gasteiger partial charge in [-0.25, -0.2) is 0 Å². The van der Waals surface area contributed by atoms with Gasteiger partial charge in [0, 0.05) is 0 Å². The molecule has 0 atom stereocenters. The fourth-order valence-electron chi connectivity index (χ4n) is 0.0643. The van der Waals surface area contributed by atoms with Crippen LogP contribution < -0.4 is 0 Å². The second-order valence-corrected chi connectivity index (χ2v) is 1.43. The van der Waals surface area contributed by atoms with Crippen molar-refractivity contribution in [3.63, 3.8) is 0 Å². The molecule has 0 saturated carbocycles. The first-order chi connectivity index (χ1) is 3.31. The molecule has 0 bridgehead atoms. The van der Waals surface area contributed by atoms with E-state index < -0.39 is 31.5 Å². The molecular weight excluding hydrogens is 184 g/mol. The molecular formula is C2H3MoO4. The van der Waals surface area contributed by atoms with E-state index in [0.29, 0.717) is 0 Å². The molecule has 0 fully saturated rings. The number of carbonyl (C=O) groups excluding carboxylic acids is 1. The predicted octanol–water partition coefficient (Wildman–Crippen LogP) is -1.14. The molecule has 0 spiro atoms. The first kappa shape index (κ1) is 6.92. The van der Waals surface area contributed by atoms with Gasteiger partial charge in [-0.1, -0.05) is 0 Å². The van der Waals surface area contributed by atoms with E-state index in [-0.39, 0.29) is 0 Å². The van der Waals surface area contributed by atoms with Gasteiger partial charge in [0.25, 0.3) is 0 Å². The van der Waals surface area contributed by atoms with Crippen LogP contribution in [0.25, 0.3) is 0 Å². The van der Waals surface area contributed by atoms with Gasteiger partial charge in [0.2, 0.25) is 0 Å². The summed E-state index contributed by atoms with van der Waals surface area (Å²) in [4.78, 5) is 9.77. The van der Waals surface area contributed by atoms with Crippen molar-refractivity contribution < 1.29 is 35.6 Å². The Morgan fingerprint density at radius 3 is 2.57 bits per heavy atom. The first-order valence-electron chi connectivity index (χ1n) is 1.41. The van der Waals surface area contributed by atoms with E-state index in [0.717, 1.165) is 0 Å². The van der Waals surface area contributed by atoms with Crippen LogP contribution in [0.2, 0.25) is 0 Å². The Hall–Kier alpha value is -0.0817. The van der Waals surface area contributed by atoms with Crippen molar-refractivity contribution in [1.82, 2.24) is 0 Å². The maximum absolute atomic E-state index is 9.77. The molecule has 0 aliphatic carbocycles. The Morgan fingerprint density at radius 1 is 1.86 bits per heavy atom. The van der Waals surface area contributed by atoms with Gasteiger partial charge in [0.15, 0.2) is 0 Å². The van der Waals surface area contributed by atoms with Crippen LogP contribution >= 0.6 is 0 Å². The SMILES string of the molecule is [O]=[Mo][O]C(=O)CO. The van der Waals surface area contributed by atoms with Gasteiger partial charge in [-0.2, -0.15) is 0 Å². The molecule has 5 heteroatoms. The Morgan fingerprint density at radius 2 is 2.43 bits per heavy atom. The Labute approximate surface area is 48.8 Å². The van der Waals surface area contributed by atoms with Gasteiger partial charge >= 0.3 is 48.2 Å². The van der Waals surface area contributed by atoms with Crippen LogP contribution in [0.1, 0.15) is 0 Å². The summed E-state index contributed by atoms with van der Waals surface area (Å²) < 4.78 is 13.4. The van der Waals surface area contributed by atoms with Crippen LogP contribution in [-0.2, 0) is 30.5 Å². The number of carbonyl (C=O) groups is 1. The van der Waals surface area contributed by atoms with Crippen molar-refractivity contribution in [2.45, 2.75) is 0 Å². The van der Waals surface area contributed by atoms with Crippen molar-refractivity contribution in [2.75, 3.05) is 6.61 Å². The van der Waals surface area contributed by atoms with E-state index in [1.807, 2.05) is 0 Å². The normalized spacial score (nSPS) is 7.57. The molecule has 0 aromatic carbocycles. The molecule has 0 aliphatic rings. The van der Waals surface area contributed by atoms with Crippen molar-refractivity contribution in [3.05, 3.63) is 0 Å². The van der Waals surface area contributed by atoms with E-state index in [4.69, 9.17) is 5.11 Å². The molecule has 0 heterocycles. The average Bonchev–Trinajstić information content (AvgIpc) is 1.68. The van der Waals surface area contributed by atoms with Gasteiger partial charge in [0.05, 0.1) is 0 Å². The van der Waals surface area contributed by atoms with Crippen molar-refractivity contribution in [1.29, 1.82) is 0 Å². The Kier molecular flexibility index (Phi) is 4.04. The number of hydrogen-bond acceptors (Lipinski definition) is 4. The third-order valence-corrected chi connectivity index (χ3v) is 0.880. The third kappa shape index (κ3) is 3.76. The molecule has 0 aliphatic heterocycles. The fraction of sp³-hybridized carbons (Fsp3) is 0.500. The molecule has 0 rings (SSSR count). The summed E-state index contributed by atoms with van der Waals surface area (Å²) >= 11 is -1.84. The minimum absolute atomic E-state index is 0.688. The van der Waals surface area contributed by atoms with Crippen LogP contribution in [0.4, 0.5) is 0 Å². The summed E-state index contributed by atoms with van der Waals surface area (Å²) in [7, 11) is 0. The van der Waals surface area contributed by atoms with E-state index in [9.17, 15) is 8.19 Å². The molecule has 41 valence electrons. The first-order valence-corrected chi connectivity index (χ1v) is 3.05. The van der Waals surface area contributed by atoms with E-state index in [2.05, 4.69) is 3.39 Å². The van der Waals surface area contributed by atoms with E-state index in [1.165, 1.54) is 0 Å². The second kappa shape index (κ2) is 4.09. The molecule has 1 N–H and O–H groups in total. The number of rotatable bonds is 2. The Balaban J connectivity index is 3.17. The second-order valence-electron chi connectivity index (χ2n) is 0.681. The van der Waals surface area contributed by atoms with Crippen molar-refractivity contribution >= 4 is 5.97 Å². The van der Waals surface area contributed by atoms with Crippen LogP contribution in [-0.4, -0.2) is 17.7 Å². The molecule has 4 nitrogen and oxygen atoms in total. The summed E-state index contributed by atoms with van der Waals surface area (Å²) in [5.74, 6) is -0.822. The molecule has 7 heavy (non-hydrogen) atoms. The number of aliphatic hydroxyl groups excluding tert-OH is 1. The fourth-order valence-corrected chi connectivity index (χ4v) is 0.380. The monoisotopic (exact) mass is 189 g/mol. The quantitative estimate of drug-likeness (QED) is 0.555. The van der Waals surface area contributed by atoms with Gasteiger partial charge < -0.3 is 0 Å². The molecule has 0 unspecified atom stereocenters. The minimum atomic E-state index is -1.84. The van der Waals surface area contributed by atoms with Gasteiger partial charge in [-0.05, 0) is 0 Å². The summed E-state index contributed by atoms with van der Waals surface area (Å²) in [5, 5.41) is 7.87. The molecule has 0 amide bonds. The standard InChI is InChI=1S/C2H4O3.Mo.O/c3-1-2(4)5;;/h3H,1H2,(H,4,5);;/q;+1;/p-1. The average molecular weight is 187 g/mol. The van der Waals surface area contributed by atoms with Gasteiger partial charge in [-0.15, -0.1) is 0 Å². The van der Waals surface area contributed by atoms with Crippen LogP contribution in [0.3, 0.4) is 0 Å². The maximum atomic E-state index is 9.77. The summed E-state index contributed by atoms with van der Waals surface area (Å²) in [6, 6.07) is 0. The zero-order chi connectivity index (χ0) is 5.70. The summed E-state index contributed by atoms with van der Waals surface area (Å²) in [6.07, 6.45) is 0. The molecule has 0 saturated heterocycles. The number of hydrogen-bond donors (Lipinski definition) is 1. The van der Waals surface area contributed by atoms with Crippen LogP contribution in [0, 0.1) is 0 Å². The zero-order valence-corrected chi connectivity index (χ0v) is 5.29. The third-order valence-electron chi connectivity index (χ3n) is 0.256. The Bertz CT molecular complexity index is 79.8. The summed E-state index contributed by atoms with van der Waals surface area (Å²) in [5.41, 5.74) is 0. The zero-order valence-electron chi connectivity index (χ0n) is 3.29. The molecule has 0 aromatic rings. The van der Waals surface area contributed by atoms with Crippen molar-refractivity contribution in [3.8, 4) is 0 Å². The summed E-state index contributed by atoms with van der Waals surface area (Å²) in [6.45, 7) is -0.688. The predicted molar refractivity (Wildman–Crippen MR) is 13.9 cm³/mol. The molecule has 0 radical (unpaired) electrons. The van der Waals surface area contributed by atoms with Crippen LogP contribution in [0.5, 0.6) is 0 Å². The van der Waals surface area contributed by atoms with Gasteiger partial charge in [-0.3, -0.25) is 0 Å². The van der Waals surface area contributed by atoms with E-state index in [1.54, 1.807) is 0 Å². The van der Waals surface area contributed by atoms with E-state index >= 15 is 0 Å². The van der Waals surface area contributed by atoms with Gasteiger partial charge in [0.1, 0.15) is 0 Å². The number of aliphatic hydroxyl groups is 1.